The Bertz CT molecular complexity index is 560. The monoisotopic (exact) mass is 232 g/mol. The van der Waals surface area contributed by atoms with Gasteiger partial charge in [-0.15, -0.1) is 11.3 Å². The lowest BCUT2D eigenvalue weighted by atomic mass is 10.1. The van der Waals surface area contributed by atoms with Gasteiger partial charge < -0.3 is 10.2 Å². The fraction of sp³-hybridized carbons (Fsp3) is 0.250. The Balaban J connectivity index is 2.62. The van der Waals surface area contributed by atoms with Gasteiger partial charge in [-0.1, -0.05) is 6.92 Å². The molecule has 2 heterocycles. The van der Waals surface area contributed by atoms with E-state index in [0.29, 0.717) is 10.6 Å². The maximum absolute atomic E-state index is 8.94. The zero-order chi connectivity index (χ0) is 11.7. The first-order valence-corrected chi connectivity index (χ1v) is 5.86. The van der Waals surface area contributed by atoms with Gasteiger partial charge in [-0.2, -0.15) is 5.26 Å². The second-order valence-corrected chi connectivity index (χ2v) is 4.54. The van der Waals surface area contributed by atoms with E-state index in [2.05, 4.69) is 6.07 Å². The van der Waals surface area contributed by atoms with Crippen LogP contribution in [0.2, 0.25) is 0 Å². The molecule has 0 atom stereocenters. The van der Waals surface area contributed by atoms with Crippen molar-refractivity contribution in [1.82, 2.24) is 0 Å². The lowest BCUT2D eigenvalue weighted by Crippen LogP contribution is -1.87. The van der Waals surface area contributed by atoms with E-state index in [0.717, 1.165) is 28.2 Å². The molecule has 0 radical (unpaired) electrons. The molecule has 0 aliphatic heterocycles. The molecule has 0 aliphatic carbocycles. The fourth-order valence-corrected chi connectivity index (χ4v) is 2.75. The minimum atomic E-state index is 0.579. The normalized spacial score (nSPS) is 10.3. The zero-order valence-electron chi connectivity index (χ0n) is 9.20. The molecular formula is C12H12N2OS. The molecular weight excluding hydrogens is 220 g/mol. The predicted octanol–water partition coefficient (Wildman–Crippen LogP) is 3.33. The molecule has 4 heteroatoms. The molecule has 0 fully saturated rings. The molecule has 0 spiro atoms. The highest BCUT2D eigenvalue weighted by Gasteiger charge is 2.17. The van der Waals surface area contributed by atoms with Crippen LogP contribution in [0, 0.1) is 18.3 Å². The Morgan fingerprint density at radius 2 is 2.31 bits per heavy atom. The Morgan fingerprint density at radius 1 is 1.56 bits per heavy atom. The van der Waals surface area contributed by atoms with Gasteiger partial charge in [0.05, 0.1) is 12.0 Å². The number of nitrogens with two attached hydrogens (primary N) is 1. The molecule has 0 unspecified atom stereocenters. The van der Waals surface area contributed by atoms with E-state index in [1.54, 1.807) is 6.26 Å². The molecule has 0 saturated carbocycles. The first-order valence-electron chi connectivity index (χ1n) is 5.04. The predicted molar refractivity (Wildman–Crippen MR) is 65.3 cm³/mol. The topological polar surface area (TPSA) is 63.0 Å². The van der Waals surface area contributed by atoms with Crippen molar-refractivity contribution in [3.05, 3.63) is 28.5 Å². The summed E-state index contributed by atoms with van der Waals surface area (Å²) in [5.41, 5.74) is 8.48. The molecule has 3 nitrogen and oxygen atoms in total. The maximum atomic E-state index is 8.94. The number of nitrogens with zero attached hydrogens (tertiary/aromatic N) is 1. The van der Waals surface area contributed by atoms with Crippen LogP contribution in [0.4, 0.5) is 5.69 Å². The van der Waals surface area contributed by atoms with E-state index < -0.39 is 0 Å². The van der Waals surface area contributed by atoms with Crippen molar-refractivity contribution in [3.8, 4) is 16.5 Å². The van der Waals surface area contributed by atoms with Gasteiger partial charge in [-0.3, -0.25) is 0 Å². The second-order valence-electron chi connectivity index (χ2n) is 3.52. The van der Waals surface area contributed by atoms with E-state index >= 15 is 0 Å². The Hall–Kier alpha value is -1.73. The second kappa shape index (κ2) is 4.03. The Labute approximate surface area is 98.1 Å². The third-order valence-electron chi connectivity index (χ3n) is 2.61. The van der Waals surface area contributed by atoms with Crippen molar-refractivity contribution >= 4 is 17.0 Å². The van der Waals surface area contributed by atoms with Gasteiger partial charge in [-0.25, -0.2) is 0 Å². The summed E-state index contributed by atoms with van der Waals surface area (Å²) in [4.78, 5) is 1.62. The van der Waals surface area contributed by atoms with Crippen LogP contribution in [0.1, 0.15) is 23.1 Å². The number of rotatable bonds is 2. The van der Waals surface area contributed by atoms with Crippen molar-refractivity contribution < 1.29 is 4.42 Å². The van der Waals surface area contributed by atoms with E-state index in [1.807, 2.05) is 19.9 Å². The molecule has 2 aromatic heterocycles. The van der Waals surface area contributed by atoms with E-state index in [4.69, 9.17) is 15.4 Å². The summed E-state index contributed by atoms with van der Waals surface area (Å²) < 4.78 is 5.39. The molecule has 2 aromatic rings. The first kappa shape index (κ1) is 10.8. The van der Waals surface area contributed by atoms with Gasteiger partial charge in [0.1, 0.15) is 16.7 Å². The summed E-state index contributed by atoms with van der Waals surface area (Å²) in [5, 5.41) is 8.94. The molecule has 0 aromatic carbocycles. The van der Waals surface area contributed by atoms with Crippen LogP contribution in [0.3, 0.4) is 0 Å². The number of anilines is 1. The molecule has 2 rings (SSSR count). The maximum Gasteiger partial charge on any atom is 0.128 e. The smallest absolute Gasteiger partial charge is 0.128 e. The fourth-order valence-electron chi connectivity index (χ4n) is 1.68. The van der Waals surface area contributed by atoms with Gasteiger partial charge in [0.15, 0.2) is 0 Å². The van der Waals surface area contributed by atoms with Crippen LogP contribution < -0.4 is 5.73 Å². The molecule has 16 heavy (non-hydrogen) atoms. The van der Waals surface area contributed by atoms with Crippen LogP contribution in [-0.4, -0.2) is 0 Å². The largest absolute Gasteiger partial charge is 0.469 e. The highest BCUT2D eigenvalue weighted by Crippen LogP contribution is 2.39. The van der Waals surface area contributed by atoms with Crippen molar-refractivity contribution in [2.75, 3.05) is 5.73 Å². The molecule has 82 valence electrons. The Kier molecular flexibility index (Phi) is 2.71. The lowest BCUT2D eigenvalue weighted by Gasteiger charge is -1.98. The number of hydrogen-bond acceptors (Lipinski definition) is 4. The number of thiophene rings is 1. The van der Waals surface area contributed by atoms with Crippen LogP contribution in [-0.2, 0) is 6.42 Å². The summed E-state index contributed by atoms with van der Waals surface area (Å²) in [6.45, 7) is 3.98. The van der Waals surface area contributed by atoms with E-state index in [9.17, 15) is 0 Å². The average Bonchev–Trinajstić information content (AvgIpc) is 2.86. The third-order valence-corrected chi connectivity index (χ3v) is 3.85. The lowest BCUT2D eigenvalue weighted by molar-refractivity contribution is 0.517. The summed E-state index contributed by atoms with van der Waals surface area (Å²) in [5.74, 6) is 0.939. The Morgan fingerprint density at radius 3 is 2.88 bits per heavy atom. The summed E-state index contributed by atoms with van der Waals surface area (Å²) in [6.07, 6.45) is 2.51. The van der Waals surface area contributed by atoms with Gasteiger partial charge in [-0.05, 0) is 18.6 Å². The van der Waals surface area contributed by atoms with Crippen molar-refractivity contribution in [2.24, 2.45) is 0 Å². The van der Waals surface area contributed by atoms with Gasteiger partial charge in [0.2, 0.25) is 0 Å². The van der Waals surface area contributed by atoms with Crippen LogP contribution in [0.15, 0.2) is 16.7 Å². The summed E-state index contributed by atoms with van der Waals surface area (Å²) in [6, 6.07) is 4.05. The molecule has 0 aliphatic rings. The molecule has 0 amide bonds. The highest BCUT2D eigenvalue weighted by atomic mass is 32.1. The van der Waals surface area contributed by atoms with Crippen molar-refractivity contribution in [1.29, 1.82) is 5.26 Å². The average molecular weight is 232 g/mol. The number of furan rings is 1. The number of nitrogen functional groups attached to an aromatic ring is 1. The number of nitriles is 1. The van der Waals surface area contributed by atoms with Gasteiger partial charge >= 0.3 is 0 Å². The molecule has 0 bridgehead atoms. The molecule has 2 N–H and O–H groups in total. The minimum absolute atomic E-state index is 0.579. The van der Waals surface area contributed by atoms with Gasteiger partial charge in [0.25, 0.3) is 0 Å². The van der Waals surface area contributed by atoms with E-state index in [1.165, 1.54) is 11.3 Å². The zero-order valence-corrected chi connectivity index (χ0v) is 10.0. The molecule has 0 saturated heterocycles. The van der Waals surface area contributed by atoms with Crippen LogP contribution >= 0.6 is 11.3 Å². The number of hydrogen-bond donors (Lipinski definition) is 1. The minimum Gasteiger partial charge on any atom is -0.469 e. The summed E-state index contributed by atoms with van der Waals surface area (Å²) >= 11 is 1.43. The summed E-state index contributed by atoms with van der Waals surface area (Å²) in [7, 11) is 0. The SMILES string of the molecule is CCc1occc1-c1sc(C#N)c(N)c1C. The first-order chi connectivity index (χ1) is 7.69. The highest BCUT2D eigenvalue weighted by molar-refractivity contribution is 7.16. The van der Waals surface area contributed by atoms with Crippen LogP contribution in [0.5, 0.6) is 0 Å². The third kappa shape index (κ3) is 1.50. The van der Waals surface area contributed by atoms with Crippen molar-refractivity contribution in [2.45, 2.75) is 20.3 Å². The van der Waals surface area contributed by atoms with Crippen LogP contribution in [0.25, 0.3) is 10.4 Å². The number of aryl methyl sites for hydroxylation is 1. The quantitative estimate of drug-likeness (QED) is 0.863. The standard InChI is InChI=1S/C12H12N2OS/c1-3-9-8(4-5-15-9)12-7(2)11(14)10(6-13)16-12/h4-5H,3,14H2,1-2H3. The van der Waals surface area contributed by atoms with Crippen molar-refractivity contribution in [3.63, 3.8) is 0 Å². The van der Waals surface area contributed by atoms with E-state index in [-0.39, 0.29) is 0 Å². The van der Waals surface area contributed by atoms with Gasteiger partial charge in [0, 0.05) is 16.9 Å².